The first kappa shape index (κ1) is 23.6. The maximum absolute atomic E-state index is 5.20. The van der Waals surface area contributed by atoms with Crippen molar-refractivity contribution in [2.75, 3.05) is 0 Å². The lowest BCUT2D eigenvalue weighted by molar-refractivity contribution is 1.23. The van der Waals surface area contributed by atoms with Crippen molar-refractivity contribution < 1.29 is 0 Å². The summed E-state index contributed by atoms with van der Waals surface area (Å²) < 4.78 is 0. The van der Waals surface area contributed by atoms with E-state index in [-0.39, 0.29) is 0 Å². The van der Waals surface area contributed by atoms with Crippen LogP contribution in [0.4, 0.5) is 0 Å². The Balaban J connectivity index is 1.46. The van der Waals surface area contributed by atoms with Gasteiger partial charge in [0.25, 0.3) is 0 Å². The summed E-state index contributed by atoms with van der Waals surface area (Å²) in [7, 11) is 0. The van der Waals surface area contributed by atoms with Gasteiger partial charge in [0.05, 0.1) is 16.9 Å². The van der Waals surface area contributed by atoms with Crippen molar-refractivity contribution in [1.29, 1.82) is 0 Å². The van der Waals surface area contributed by atoms with Crippen LogP contribution in [0.25, 0.3) is 67.1 Å². The minimum atomic E-state index is 0.668. The predicted molar refractivity (Wildman–Crippen MR) is 162 cm³/mol. The van der Waals surface area contributed by atoms with Crippen LogP contribution in [0, 0.1) is 0 Å². The van der Waals surface area contributed by atoms with Gasteiger partial charge >= 0.3 is 0 Å². The molecule has 7 rings (SSSR count). The van der Waals surface area contributed by atoms with E-state index in [1.165, 1.54) is 0 Å². The summed E-state index contributed by atoms with van der Waals surface area (Å²) in [4.78, 5) is 19.3. The lowest BCUT2D eigenvalue weighted by Gasteiger charge is -2.13. The summed E-state index contributed by atoms with van der Waals surface area (Å²) in [5, 5.41) is 1.02. The first-order valence-electron chi connectivity index (χ1n) is 13.2. The van der Waals surface area contributed by atoms with E-state index in [0.29, 0.717) is 5.82 Å². The van der Waals surface area contributed by atoms with Gasteiger partial charge in [-0.2, -0.15) is 0 Å². The fourth-order valence-corrected chi connectivity index (χ4v) is 5.02. The molecule has 7 aromatic rings. The molecule has 0 amide bonds. The molecular weight excluding hydrogens is 488 g/mol. The molecule has 0 aliphatic carbocycles. The number of fused-ring (bicyclic) bond motifs is 1. The molecule has 3 aromatic heterocycles. The number of rotatable bonds is 5. The molecule has 4 nitrogen and oxygen atoms in total. The number of benzene rings is 4. The SMILES string of the molecule is c1ccc(-c2ccc3nc(-c4cc(-c5cccnc5)cc(-c5ccccn5)c4)nc(-c4ccccc4)c3c2)cc1. The van der Waals surface area contributed by atoms with Gasteiger partial charge in [-0.25, -0.2) is 9.97 Å². The molecular formula is C36H24N4. The van der Waals surface area contributed by atoms with Crippen molar-refractivity contribution in [2.24, 2.45) is 0 Å². The van der Waals surface area contributed by atoms with Crippen LogP contribution in [0.3, 0.4) is 0 Å². The van der Waals surface area contributed by atoms with E-state index < -0.39 is 0 Å². The lowest BCUT2D eigenvalue weighted by Crippen LogP contribution is -1.97. The smallest absolute Gasteiger partial charge is 0.160 e. The Hall–Kier alpha value is -5.48. The first-order chi connectivity index (χ1) is 19.8. The molecule has 4 aromatic carbocycles. The van der Waals surface area contributed by atoms with E-state index in [0.717, 1.165) is 61.2 Å². The quantitative estimate of drug-likeness (QED) is 0.231. The second-order valence-corrected chi connectivity index (χ2v) is 9.62. The Morgan fingerprint density at radius 2 is 1.15 bits per heavy atom. The third-order valence-electron chi connectivity index (χ3n) is 7.00. The van der Waals surface area contributed by atoms with Gasteiger partial charge in [0.1, 0.15) is 0 Å². The topological polar surface area (TPSA) is 51.6 Å². The van der Waals surface area contributed by atoms with Crippen LogP contribution in [0.1, 0.15) is 0 Å². The number of hydrogen-bond acceptors (Lipinski definition) is 4. The molecule has 3 heterocycles. The van der Waals surface area contributed by atoms with Crippen LogP contribution in [0.15, 0.2) is 146 Å². The monoisotopic (exact) mass is 512 g/mol. The van der Waals surface area contributed by atoms with Gasteiger partial charge in [0, 0.05) is 46.2 Å². The van der Waals surface area contributed by atoms with Gasteiger partial charge in [-0.15, -0.1) is 0 Å². The molecule has 0 saturated carbocycles. The van der Waals surface area contributed by atoms with Gasteiger partial charge in [0.2, 0.25) is 0 Å². The summed E-state index contributed by atoms with van der Waals surface area (Å²) >= 11 is 0. The minimum Gasteiger partial charge on any atom is -0.264 e. The third kappa shape index (κ3) is 4.63. The molecule has 0 unspecified atom stereocenters. The molecule has 0 N–H and O–H groups in total. The van der Waals surface area contributed by atoms with E-state index in [2.05, 4.69) is 88.8 Å². The largest absolute Gasteiger partial charge is 0.264 e. The highest BCUT2D eigenvalue weighted by Crippen LogP contribution is 2.35. The predicted octanol–water partition coefficient (Wildman–Crippen LogP) is 8.75. The number of nitrogens with zero attached hydrogens (tertiary/aromatic N) is 4. The van der Waals surface area contributed by atoms with Crippen molar-refractivity contribution >= 4 is 10.9 Å². The zero-order valence-corrected chi connectivity index (χ0v) is 21.6. The highest BCUT2D eigenvalue weighted by atomic mass is 14.9. The number of hydrogen-bond donors (Lipinski definition) is 0. The average molecular weight is 513 g/mol. The zero-order valence-electron chi connectivity index (χ0n) is 21.6. The van der Waals surface area contributed by atoms with E-state index in [4.69, 9.17) is 9.97 Å². The molecule has 0 aliphatic heterocycles. The molecule has 188 valence electrons. The fourth-order valence-electron chi connectivity index (χ4n) is 5.02. The van der Waals surface area contributed by atoms with Crippen LogP contribution in [-0.2, 0) is 0 Å². The Kier molecular flexibility index (Phi) is 6.11. The normalized spacial score (nSPS) is 11.0. The molecule has 0 fully saturated rings. The summed E-state index contributed by atoms with van der Waals surface area (Å²) in [6.07, 6.45) is 5.48. The molecule has 0 atom stereocenters. The Labute approximate surface area is 232 Å². The lowest BCUT2D eigenvalue weighted by atomic mass is 9.97. The van der Waals surface area contributed by atoms with Gasteiger partial charge in [0.15, 0.2) is 5.82 Å². The van der Waals surface area contributed by atoms with Gasteiger partial charge in [-0.3, -0.25) is 9.97 Å². The molecule has 0 aliphatic rings. The fraction of sp³-hybridized carbons (Fsp3) is 0. The zero-order chi connectivity index (χ0) is 26.7. The van der Waals surface area contributed by atoms with E-state index in [9.17, 15) is 0 Å². The first-order valence-corrected chi connectivity index (χ1v) is 13.2. The van der Waals surface area contributed by atoms with Crippen LogP contribution in [0.5, 0.6) is 0 Å². The summed E-state index contributed by atoms with van der Waals surface area (Å²) in [5.41, 5.74) is 10.0. The van der Waals surface area contributed by atoms with Crippen molar-refractivity contribution in [2.45, 2.75) is 0 Å². The Morgan fingerprint density at radius 3 is 1.90 bits per heavy atom. The van der Waals surface area contributed by atoms with Gasteiger partial charge in [-0.1, -0.05) is 78.9 Å². The average Bonchev–Trinajstić information content (AvgIpc) is 3.05. The summed E-state index contributed by atoms with van der Waals surface area (Å²) in [5.74, 6) is 0.668. The molecule has 4 heteroatoms. The highest BCUT2D eigenvalue weighted by Gasteiger charge is 2.15. The van der Waals surface area contributed by atoms with E-state index in [1.54, 1.807) is 6.20 Å². The van der Waals surface area contributed by atoms with Crippen molar-refractivity contribution in [3.8, 4) is 56.2 Å². The summed E-state index contributed by atoms with van der Waals surface area (Å²) in [6, 6.07) is 43.5. The number of aromatic nitrogens is 4. The number of pyridine rings is 2. The van der Waals surface area contributed by atoms with Crippen LogP contribution in [-0.4, -0.2) is 19.9 Å². The van der Waals surface area contributed by atoms with E-state index in [1.807, 2.05) is 60.9 Å². The molecule has 0 bridgehead atoms. The molecule has 0 saturated heterocycles. The second-order valence-electron chi connectivity index (χ2n) is 9.62. The second kappa shape index (κ2) is 10.4. The molecule has 0 radical (unpaired) electrons. The van der Waals surface area contributed by atoms with Crippen LogP contribution >= 0.6 is 0 Å². The van der Waals surface area contributed by atoms with Crippen molar-refractivity contribution in [3.05, 3.63) is 146 Å². The molecule has 0 spiro atoms. The van der Waals surface area contributed by atoms with Gasteiger partial charge < -0.3 is 0 Å². The Bertz CT molecular complexity index is 1860. The van der Waals surface area contributed by atoms with Gasteiger partial charge in [-0.05, 0) is 65.2 Å². The third-order valence-corrected chi connectivity index (χ3v) is 7.00. The maximum Gasteiger partial charge on any atom is 0.160 e. The maximum atomic E-state index is 5.20. The minimum absolute atomic E-state index is 0.668. The van der Waals surface area contributed by atoms with Crippen molar-refractivity contribution in [1.82, 2.24) is 19.9 Å². The Morgan fingerprint density at radius 1 is 0.425 bits per heavy atom. The van der Waals surface area contributed by atoms with E-state index >= 15 is 0 Å². The van der Waals surface area contributed by atoms with Crippen LogP contribution in [0.2, 0.25) is 0 Å². The summed E-state index contributed by atoms with van der Waals surface area (Å²) in [6.45, 7) is 0. The highest BCUT2D eigenvalue weighted by molar-refractivity contribution is 5.96. The standard InChI is InChI=1S/C36H24N4/c1-3-10-25(11-4-1)27-16-17-34-32(23-27)35(26-12-5-2-6-13-26)40-36(39-34)31-21-29(28-14-9-18-37-24-28)20-30(22-31)33-15-7-8-19-38-33/h1-24H. The molecule has 40 heavy (non-hydrogen) atoms. The van der Waals surface area contributed by atoms with Crippen LogP contribution < -0.4 is 0 Å². The van der Waals surface area contributed by atoms with Crippen molar-refractivity contribution in [3.63, 3.8) is 0 Å².